The Hall–Kier alpha value is -0.140. The van der Waals surface area contributed by atoms with E-state index in [4.69, 9.17) is 9.47 Å². The average molecular weight is 353 g/mol. The van der Waals surface area contributed by atoms with Crippen molar-refractivity contribution in [2.24, 2.45) is 5.92 Å². The van der Waals surface area contributed by atoms with E-state index in [0.717, 1.165) is 19.5 Å². The molecule has 1 aliphatic rings. The fourth-order valence-electron chi connectivity index (χ4n) is 1.98. The Kier molecular flexibility index (Phi) is 7.06. The van der Waals surface area contributed by atoms with Crippen LogP contribution in [-0.4, -0.2) is 50.3 Å². The third-order valence-corrected chi connectivity index (χ3v) is 3.36. The summed E-state index contributed by atoms with van der Waals surface area (Å²) >= 11 is 2.17. The number of likely N-dealkylation sites (tertiary alicyclic amines) is 1. The highest BCUT2D eigenvalue weighted by atomic mass is 127. The van der Waals surface area contributed by atoms with Gasteiger partial charge in [-0.2, -0.15) is 0 Å². The van der Waals surface area contributed by atoms with Gasteiger partial charge in [-0.1, -0.05) is 28.7 Å². The van der Waals surface area contributed by atoms with Gasteiger partial charge in [-0.15, -0.1) is 0 Å². The summed E-state index contributed by atoms with van der Waals surface area (Å²) in [5.41, 5.74) is 0. The second-order valence-electron chi connectivity index (χ2n) is 4.36. The van der Waals surface area contributed by atoms with Crippen molar-refractivity contribution in [3.05, 3.63) is 10.2 Å². The molecule has 0 aliphatic carbocycles. The number of ether oxygens (including phenoxy) is 2. The van der Waals surface area contributed by atoms with Crippen molar-refractivity contribution in [1.82, 2.24) is 4.90 Å². The first-order chi connectivity index (χ1) is 8.13. The van der Waals surface area contributed by atoms with E-state index in [1.807, 2.05) is 17.2 Å². The summed E-state index contributed by atoms with van der Waals surface area (Å²) in [6.45, 7) is 4.59. The van der Waals surface area contributed by atoms with Gasteiger partial charge in [0.25, 0.3) is 0 Å². The zero-order chi connectivity index (χ0) is 12.7. The maximum atomic E-state index is 11.0. The zero-order valence-electron chi connectivity index (χ0n) is 10.4. The van der Waals surface area contributed by atoms with E-state index in [0.29, 0.717) is 19.1 Å². The van der Waals surface area contributed by atoms with Gasteiger partial charge < -0.3 is 14.4 Å². The van der Waals surface area contributed by atoms with Crippen molar-refractivity contribution in [3.8, 4) is 0 Å². The third-order valence-electron chi connectivity index (χ3n) is 2.85. The van der Waals surface area contributed by atoms with Crippen molar-refractivity contribution in [2.45, 2.75) is 19.4 Å². The van der Waals surface area contributed by atoms with Crippen molar-refractivity contribution in [2.75, 3.05) is 33.4 Å². The monoisotopic (exact) mass is 353 g/mol. The van der Waals surface area contributed by atoms with Gasteiger partial charge in [-0.05, 0) is 24.1 Å². The second-order valence-corrected chi connectivity index (χ2v) is 5.08. The van der Waals surface area contributed by atoms with Crippen LogP contribution < -0.4 is 0 Å². The lowest BCUT2D eigenvalue weighted by molar-refractivity contribution is -0.153. The summed E-state index contributed by atoms with van der Waals surface area (Å²) < 4.78 is 12.9. The van der Waals surface area contributed by atoms with Gasteiger partial charge >= 0.3 is 5.97 Å². The van der Waals surface area contributed by atoms with Gasteiger partial charge in [0.1, 0.15) is 6.10 Å². The highest BCUT2D eigenvalue weighted by Gasteiger charge is 2.30. The summed E-state index contributed by atoms with van der Waals surface area (Å²) in [5.74, 6) is 0.111. The number of rotatable bonds is 5. The highest BCUT2D eigenvalue weighted by molar-refractivity contribution is 14.1. The molecule has 0 aromatic carbocycles. The molecule has 0 aromatic rings. The van der Waals surface area contributed by atoms with E-state index in [1.165, 1.54) is 6.92 Å². The van der Waals surface area contributed by atoms with Gasteiger partial charge in [0.05, 0.1) is 13.2 Å². The molecule has 98 valence electrons. The lowest BCUT2D eigenvalue weighted by atomic mass is 9.95. The van der Waals surface area contributed by atoms with Crippen LogP contribution in [0.5, 0.6) is 0 Å². The Morgan fingerprint density at radius 3 is 3.00 bits per heavy atom. The predicted octanol–water partition coefficient (Wildman–Crippen LogP) is 1.84. The number of likely N-dealkylation sites (N-methyl/N-ethyl adjacent to an activating group) is 1. The van der Waals surface area contributed by atoms with Gasteiger partial charge in [0.2, 0.25) is 0 Å². The van der Waals surface area contributed by atoms with Crippen LogP contribution in [0.2, 0.25) is 0 Å². The molecule has 4 nitrogen and oxygen atoms in total. The quantitative estimate of drug-likeness (QED) is 0.430. The number of hydrogen-bond acceptors (Lipinski definition) is 4. The van der Waals surface area contributed by atoms with E-state index < -0.39 is 0 Å². The molecule has 5 heteroatoms. The van der Waals surface area contributed by atoms with Crippen LogP contribution in [0.25, 0.3) is 0 Å². The van der Waals surface area contributed by atoms with Crippen LogP contribution in [0.15, 0.2) is 10.2 Å². The minimum absolute atomic E-state index is 0.0326. The Morgan fingerprint density at radius 1 is 1.59 bits per heavy atom. The highest BCUT2D eigenvalue weighted by Crippen LogP contribution is 2.20. The molecule has 1 fully saturated rings. The SMILES string of the molecule is CC(=O)OC1CN(C)CCC1COCC=CI. The van der Waals surface area contributed by atoms with E-state index in [2.05, 4.69) is 27.5 Å². The van der Waals surface area contributed by atoms with Crippen molar-refractivity contribution in [3.63, 3.8) is 0 Å². The third kappa shape index (κ3) is 5.83. The van der Waals surface area contributed by atoms with Crippen LogP contribution in [-0.2, 0) is 14.3 Å². The number of carbonyl (C=O) groups is 1. The van der Waals surface area contributed by atoms with Gasteiger partial charge in [-0.3, -0.25) is 4.79 Å². The Balaban J connectivity index is 2.39. The molecule has 0 N–H and O–H groups in total. The van der Waals surface area contributed by atoms with E-state index in [1.54, 1.807) is 0 Å². The molecule has 0 spiro atoms. The number of hydrogen-bond donors (Lipinski definition) is 0. The van der Waals surface area contributed by atoms with Crippen LogP contribution in [0.1, 0.15) is 13.3 Å². The zero-order valence-corrected chi connectivity index (χ0v) is 12.6. The second kappa shape index (κ2) is 8.05. The van der Waals surface area contributed by atoms with Gasteiger partial charge in [0.15, 0.2) is 0 Å². The van der Waals surface area contributed by atoms with E-state index in [-0.39, 0.29) is 12.1 Å². The molecule has 2 unspecified atom stereocenters. The maximum absolute atomic E-state index is 11.0. The van der Waals surface area contributed by atoms with Gasteiger partial charge in [0, 0.05) is 19.4 Å². The van der Waals surface area contributed by atoms with Crippen molar-refractivity contribution < 1.29 is 14.3 Å². The van der Waals surface area contributed by atoms with Crippen molar-refractivity contribution >= 4 is 28.6 Å². The summed E-state index contributed by atoms with van der Waals surface area (Å²) in [6, 6.07) is 0. The lowest BCUT2D eigenvalue weighted by Gasteiger charge is -2.35. The smallest absolute Gasteiger partial charge is 0.302 e. The maximum Gasteiger partial charge on any atom is 0.302 e. The Bertz CT molecular complexity index is 270. The fourth-order valence-corrected chi connectivity index (χ4v) is 2.19. The molecule has 0 saturated carbocycles. The van der Waals surface area contributed by atoms with Crippen LogP contribution in [0.3, 0.4) is 0 Å². The van der Waals surface area contributed by atoms with Crippen molar-refractivity contribution in [1.29, 1.82) is 0 Å². The molecule has 17 heavy (non-hydrogen) atoms. The van der Waals surface area contributed by atoms with E-state index >= 15 is 0 Å². The number of piperidine rings is 1. The molecule has 1 heterocycles. The first-order valence-corrected chi connectivity index (χ1v) is 7.06. The Labute approximate surface area is 116 Å². The number of nitrogens with zero attached hydrogens (tertiary/aromatic N) is 1. The number of esters is 1. The lowest BCUT2D eigenvalue weighted by Crippen LogP contribution is -2.45. The van der Waals surface area contributed by atoms with Crippen LogP contribution in [0.4, 0.5) is 0 Å². The van der Waals surface area contributed by atoms with Gasteiger partial charge in [-0.25, -0.2) is 0 Å². The van der Waals surface area contributed by atoms with E-state index in [9.17, 15) is 4.79 Å². The molecule has 2 atom stereocenters. The first-order valence-electron chi connectivity index (χ1n) is 5.82. The summed E-state index contributed by atoms with van der Waals surface area (Å²) in [5, 5.41) is 0. The predicted molar refractivity (Wildman–Crippen MR) is 75.1 cm³/mol. The standard InChI is InChI=1S/C12H20INO3/c1-10(15)17-12-8-14(2)6-4-11(12)9-16-7-3-5-13/h3,5,11-12H,4,6-9H2,1-2H3. The van der Waals surface area contributed by atoms with Crippen LogP contribution >= 0.6 is 22.6 Å². The Morgan fingerprint density at radius 2 is 2.35 bits per heavy atom. The molecule has 0 bridgehead atoms. The molecule has 1 rings (SSSR count). The fraction of sp³-hybridized carbons (Fsp3) is 0.750. The molecular formula is C12H20INO3. The molecule has 0 aromatic heterocycles. The number of halogens is 1. The molecular weight excluding hydrogens is 333 g/mol. The first kappa shape index (κ1) is 14.9. The number of carbonyl (C=O) groups excluding carboxylic acids is 1. The average Bonchev–Trinajstić information content (AvgIpc) is 2.26. The summed E-state index contributed by atoms with van der Waals surface area (Å²) in [4.78, 5) is 13.2. The molecule has 0 radical (unpaired) electrons. The summed E-state index contributed by atoms with van der Waals surface area (Å²) in [7, 11) is 2.05. The molecule has 0 amide bonds. The van der Waals surface area contributed by atoms with Crippen LogP contribution in [0, 0.1) is 5.92 Å². The minimum atomic E-state index is -0.206. The molecule has 1 saturated heterocycles. The largest absolute Gasteiger partial charge is 0.461 e. The normalized spacial score (nSPS) is 26.3. The minimum Gasteiger partial charge on any atom is -0.461 e. The summed E-state index contributed by atoms with van der Waals surface area (Å²) in [6.07, 6.45) is 2.95. The topological polar surface area (TPSA) is 38.8 Å². The molecule has 1 aliphatic heterocycles.